The van der Waals surface area contributed by atoms with Gasteiger partial charge in [-0.25, -0.2) is 4.79 Å². The van der Waals surface area contributed by atoms with Crippen LogP contribution in [-0.4, -0.2) is 29.7 Å². The molecule has 0 aliphatic heterocycles. The normalized spacial score (nSPS) is 24.3. The maximum absolute atomic E-state index is 12.0. The van der Waals surface area contributed by atoms with Crippen molar-refractivity contribution >= 4 is 12.0 Å². The third kappa shape index (κ3) is 5.06. The van der Waals surface area contributed by atoms with E-state index in [0.717, 1.165) is 44.9 Å². The van der Waals surface area contributed by atoms with Gasteiger partial charge in [-0.3, -0.25) is 4.79 Å². The summed E-state index contributed by atoms with van der Waals surface area (Å²) in [6.07, 6.45) is 12.3. The van der Waals surface area contributed by atoms with Crippen LogP contribution in [0.25, 0.3) is 0 Å². The van der Waals surface area contributed by atoms with Crippen LogP contribution in [0.3, 0.4) is 0 Å². The Bertz CT molecular complexity index is 400. The Morgan fingerprint density at radius 3 is 2.57 bits per heavy atom. The van der Waals surface area contributed by atoms with E-state index in [-0.39, 0.29) is 23.9 Å². The molecule has 2 aliphatic rings. The second-order valence-corrected chi connectivity index (χ2v) is 6.44. The zero-order valence-electron chi connectivity index (χ0n) is 12.6. The van der Waals surface area contributed by atoms with Crippen molar-refractivity contribution in [3.05, 3.63) is 12.2 Å². The summed E-state index contributed by atoms with van der Waals surface area (Å²) in [5.74, 6) is -0.767. The van der Waals surface area contributed by atoms with Crippen molar-refractivity contribution in [1.82, 2.24) is 10.6 Å². The van der Waals surface area contributed by atoms with Gasteiger partial charge in [0.25, 0.3) is 0 Å². The van der Waals surface area contributed by atoms with E-state index < -0.39 is 5.97 Å². The molecule has 0 bridgehead atoms. The lowest BCUT2D eigenvalue weighted by Crippen LogP contribution is -2.47. The van der Waals surface area contributed by atoms with E-state index in [1.165, 1.54) is 6.42 Å². The van der Waals surface area contributed by atoms with Crippen LogP contribution in [0, 0.1) is 5.41 Å². The number of carbonyl (C=O) groups is 2. The first-order chi connectivity index (χ1) is 10.1. The fourth-order valence-electron chi connectivity index (χ4n) is 3.47. The number of hydrogen-bond acceptors (Lipinski definition) is 2. The Morgan fingerprint density at radius 2 is 1.95 bits per heavy atom. The van der Waals surface area contributed by atoms with Gasteiger partial charge in [0.2, 0.25) is 0 Å². The van der Waals surface area contributed by atoms with E-state index in [4.69, 9.17) is 5.11 Å². The Morgan fingerprint density at radius 1 is 1.19 bits per heavy atom. The van der Waals surface area contributed by atoms with Gasteiger partial charge in [-0.1, -0.05) is 31.4 Å². The van der Waals surface area contributed by atoms with E-state index in [1.54, 1.807) is 0 Å². The summed E-state index contributed by atoms with van der Waals surface area (Å²) in [7, 11) is 0. The average molecular weight is 294 g/mol. The molecule has 2 rings (SSSR count). The highest BCUT2D eigenvalue weighted by Crippen LogP contribution is 2.38. The molecule has 1 saturated carbocycles. The molecule has 2 aliphatic carbocycles. The minimum Gasteiger partial charge on any atom is -0.481 e. The van der Waals surface area contributed by atoms with Crippen LogP contribution in [0.1, 0.15) is 57.8 Å². The molecule has 0 spiro atoms. The number of allylic oxidation sites excluding steroid dienone is 1. The molecule has 21 heavy (non-hydrogen) atoms. The molecule has 0 aromatic carbocycles. The maximum Gasteiger partial charge on any atom is 0.315 e. The topological polar surface area (TPSA) is 78.4 Å². The molecule has 3 N–H and O–H groups in total. The van der Waals surface area contributed by atoms with E-state index in [9.17, 15) is 9.59 Å². The molecule has 1 atom stereocenters. The third-order valence-corrected chi connectivity index (χ3v) is 4.67. The van der Waals surface area contributed by atoms with Gasteiger partial charge < -0.3 is 15.7 Å². The van der Waals surface area contributed by atoms with Crippen LogP contribution in [0.4, 0.5) is 4.79 Å². The van der Waals surface area contributed by atoms with Gasteiger partial charge >= 0.3 is 12.0 Å². The zero-order valence-corrected chi connectivity index (χ0v) is 12.6. The Balaban J connectivity index is 1.81. The summed E-state index contributed by atoms with van der Waals surface area (Å²) in [4.78, 5) is 23.1. The predicted molar refractivity (Wildman–Crippen MR) is 81.1 cm³/mol. The van der Waals surface area contributed by atoms with Gasteiger partial charge in [0.15, 0.2) is 0 Å². The van der Waals surface area contributed by atoms with Crippen LogP contribution < -0.4 is 10.6 Å². The molecule has 0 saturated heterocycles. The van der Waals surface area contributed by atoms with E-state index in [1.807, 2.05) is 0 Å². The van der Waals surface area contributed by atoms with E-state index in [2.05, 4.69) is 22.8 Å². The Kier molecular flexibility index (Phi) is 5.65. The van der Waals surface area contributed by atoms with Crippen LogP contribution in [0.5, 0.6) is 0 Å². The monoisotopic (exact) mass is 294 g/mol. The highest BCUT2D eigenvalue weighted by molar-refractivity contribution is 5.74. The summed E-state index contributed by atoms with van der Waals surface area (Å²) in [6.45, 7) is 0.466. The lowest BCUT2D eigenvalue weighted by atomic mass is 9.72. The summed E-state index contributed by atoms with van der Waals surface area (Å²) in [6, 6.07) is 0.0439. The molecule has 0 radical (unpaired) electrons. The van der Waals surface area contributed by atoms with Crippen LogP contribution >= 0.6 is 0 Å². The highest BCUT2D eigenvalue weighted by atomic mass is 16.4. The number of urea groups is 1. The molecule has 0 aromatic rings. The fourth-order valence-corrected chi connectivity index (χ4v) is 3.47. The molecule has 1 fully saturated rings. The predicted octanol–water partition coefficient (Wildman–Crippen LogP) is 2.82. The van der Waals surface area contributed by atoms with Gasteiger partial charge in [-0.15, -0.1) is 0 Å². The largest absolute Gasteiger partial charge is 0.481 e. The number of nitrogens with one attached hydrogen (secondary N) is 2. The molecule has 0 aromatic heterocycles. The van der Waals surface area contributed by atoms with Crippen molar-refractivity contribution in [2.75, 3.05) is 6.54 Å². The third-order valence-electron chi connectivity index (χ3n) is 4.67. The molecule has 2 amide bonds. The van der Waals surface area contributed by atoms with Gasteiger partial charge in [0.1, 0.15) is 0 Å². The smallest absolute Gasteiger partial charge is 0.315 e. The number of aliphatic carboxylic acids is 1. The van der Waals surface area contributed by atoms with Gasteiger partial charge in [-0.2, -0.15) is 0 Å². The molecule has 5 heteroatoms. The second-order valence-electron chi connectivity index (χ2n) is 6.44. The van der Waals surface area contributed by atoms with Gasteiger partial charge in [0, 0.05) is 12.6 Å². The first-order valence-corrected chi connectivity index (χ1v) is 8.01. The van der Waals surface area contributed by atoms with Gasteiger partial charge in [0.05, 0.1) is 6.42 Å². The Hall–Kier alpha value is -1.52. The lowest BCUT2D eigenvalue weighted by Gasteiger charge is -2.36. The number of hydrogen-bond donors (Lipinski definition) is 3. The zero-order chi connectivity index (χ0) is 15.1. The molecular formula is C16H26N2O3. The van der Waals surface area contributed by atoms with Crippen LogP contribution in [-0.2, 0) is 4.79 Å². The molecule has 0 heterocycles. The van der Waals surface area contributed by atoms with Crippen molar-refractivity contribution in [1.29, 1.82) is 0 Å². The minimum atomic E-state index is -0.767. The molecular weight excluding hydrogens is 268 g/mol. The number of rotatable bonds is 5. The number of carboxylic acids is 1. The fraction of sp³-hybridized carbons (Fsp3) is 0.750. The standard InChI is InChI=1S/C16H26N2O3/c19-14(20)11-16(9-5-2-6-10-16)12-17-15(21)18-13-7-3-1-4-8-13/h1,3,13H,2,4-12H2,(H,19,20)(H2,17,18,21). The summed E-state index contributed by atoms with van der Waals surface area (Å²) in [5, 5.41) is 15.0. The summed E-state index contributed by atoms with van der Waals surface area (Å²) >= 11 is 0. The van der Waals surface area contributed by atoms with Crippen molar-refractivity contribution in [3.8, 4) is 0 Å². The molecule has 1 unspecified atom stereocenters. The summed E-state index contributed by atoms with van der Waals surface area (Å²) < 4.78 is 0. The van der Waals surface area contributed by atoms with Crippen molar-refractivity contribution < 1.29 is 14.7 Å². The molecule has 5 nitrogen and oxygen atoms in total. The SMILES string of the molecule is O=C(O)CC1(CNC(=O)NC2CC=CCC2)CCCCC1. The van der Waals surface area contributed by atoms with Crippen molar-refractivity contribution in [2.45, 2.75) is 63.8 Å². The van der Waals surface area contributed by atoms with Crippen molar-refractivity contribution in [3.63, 3.8) is 0 Å². The first-order valence-electron chi connectivity index (χ1n) is 8.01. The van der Waals surface area contributed by atoms with Crippen LogP contribution in [0.2, 0.25) is 0 Å². The lowest BCUT2D eigenvalue weighted by molar-refractivity contribution is -0.140. The van der Waals surface area contributed by atoms with Gasteiger partial charge in [-0.05, 0) is 37.5 Å². The number of amides is 2. The first kappa shape index (κ1) is 15.9. The van der Waals surface area contributed by atoms with E-state index >= 15 is 0 Å². The van der Waals surface area contributed by atoms with E-state index in [0.29, 0.717) is 6.54 Å². The maximum atomic E-state index is 12.0. The average Bonchev–Trinajstić information content (AvgIpc) is 2.47. The number of carboxylic acid groups (broad SMARTS) is 1. The van der Waals surface area contributed by atoms with Crippen molar-refractivity contribution in [2.24, 2.45) is 5.41 Å². The minimum absolute atomic E-state index is 0.152. The molecule has 118 valence electrons. The highest BCUT2D eigenvalue weighted by Gasteiger charge is 2.34. The second kappa shape index (κ2) is 7.48. The Labute approximate surface area is 126 Å². The number of carbonyl (C=O) groups excluding carboxylic acids is 1. The quantitative estimate of drug-likeness (QED) is 0.682. The summed E-state index contributed by atoms with van der Waals surface area (Å²) in [5.41, 5.74) is -0.256. The van der Waals surface area contributed by atoms with Crippen LogP contribution in [0.15, 0.2) is 12.2 Å².